The first-order chi connectivity index (χ1) is 9.66. The van der Waals surface area contributed by atoms with Gasteiger partial charge in [0.1, 0.15) is 0 Å². The molecule has 0 spiro atoms. The maximum Gasteiger partial charge on any atom is 0.269 e. The van der Waals surface area contributed by atoms with Crippen molar-refractivity contribution >= 4 is 11.6 Å². The van der Waals surface area contributed by atoms with Crippen molar-refractivity contribution in [2.45, 2.75) is 38.1 Å². The number of benzene rings is 1. The van der Waals surface area contributed by atoms with Crippen molar-refractivity contribution in [2.24, 2.45) is 5.92 Å². The molecule has 2 aliphatic rings. The Balaban J connectivity index is 1.63. The standard InChI is InChI=1S/C15H18N2O3/c18-15(12-6-8-13(9-7-12)17(19)20)16-10-14(16)11-4-2-1-3-5-11/h6-9,11,14H,1-5,10H2/t14-,16?/m1/s1. The predicted octanol–water partition coefficient (Wildman–Crippen LogP) is 3.00. The summed E-state index contributed by atoms with van der Waals surface area (Å²) in [7, 11) is 0. The lowest BCUT2D eigenvalue weighted by atomic mass is 9.87. The van der Waals surface area contributed by atoms with Gasteiger partial charge in [0.25, 0.3) is 11.6 Å². The fourth-order valence-corrected chi connectivity index (χ4v) is 3.20. The number of carbonyl (C=O) groups is 1. The van der Waals surface area contributed by atoms with Gasteiger partial charge in [-0.25, -0.2) is 0 Å². The minimum absolute atomic E-state index is 0.00970. The van der Waals surface area contributed by atoms with Gasteiger partial charge in [0, 0.05) is 24.2 Å². The molecule has 1 aliphatic carbocycles. The quantitative estimate of drug-likeness (QED) is 0.483. The lowest BCUT2D eigenvalue weighted by Gasteiger charge is -2.21. The molecule has 0 radical (unpaired) electrons. The highest BCUT2D eigenvalue weighted by Crippen LogP contribution is 2.36. The highest BCUT2D eigenvalue weighted by atomic mass is 16.6. The topological polar surface area (TPSA) is 63.2 Å². The van der Waals surface area contributed by atoms with E-state index in [0.29, 0.717) is 17.5 Å². The van der Waals surface area contributed by atoms with E-state index in [-0.39, 0.29) is 11.6 Å². The number of carbonyl (C=O) groups excluding carboxylic acids is 1. The van der Waals surface area contributed by atoms with Crippen LogP contribution in [0.25, 0.3) is 0 Å². The monoisotopic (exact) mass is 274 g/mol. The smallest absolute Gasteiger partial charge is 0.269 e. The van der Waals surface area contributed by atoms with Gasteiger partial charge >= 0.3 is 0 Å². The van der Waals surface area contributed by atoms with Gasteiger partial charge in [0.05, 0.1) is 11.0 Å². The minimum Gasteiger partial charge on any atom is -0.332 e. The van der Waals surface area contributed by atoms with E-state index < -0.39 is 4.92 Å². The normalized spacial score (nSPS) is 22.6. The van der Waals surface area contributed by atoms with Crippen molar-refractivity contribution in [3.8, 4) is 0 Å². The lowest BCUT2D eigenvalue weighted by Crippen LogP contribution is -2.20. The Kier molecular flexibility index (Phi) is 3.42. The third kappa shape index (κ3) is 2.53. The van der Waals surface area contributed by atoms with Crippen molar-refractivity contribution in [3.63, 3.8) is 0 Å². The van der Waals surface area contributed by atoms with Crippen LogP contribution < -0.4 is 0 Å². The summed E-state index contributed by atoms with van der Waals surface area (Å²) in [6, 6.07) is 6.30. The van der Waals surface area contributed by atoms with Gasteiger partial charge in [-0.1, -0.05) is 19.3 Å². The van der Waals surface area contributed by atoms with Gasteiger partial charge < -0.3 is 4.90 Å². The zero-order chi connectivity index (χ0) is 14.1. The van der Waals surface area contributed by atoms with Gasteiger partial charge in [-0.15, -0.1) is 0 Å². The van der Waals surface area contributed by atoms with E-state index in [0.717, 1.165) is 6.54 Å². The number of non-ortho nitro benzene ring substituents is 1. The van der Waals surface area contributed by atoms with Crippen molar-refractivity contribution in [1.29, 1.82) is 0 Å². The van der Waals surface area contributed by atoms with Gasteiger partial charge in [0.2, 0.25) is 0 Å². The average molecular weight is 274 g/mol. The van der Waals surface area contributed by atoms with Crippen LogP contribution in [0.15, 0.2) is 24.3 Å². The Labute approximate surface area is 117 Å². The summed E-state index contributed by atoms with van der Waals surface area (Å²) in [5, 5.41) is 10.6. The summed E-state index contributed by atoms with van der Waals surface area (Å²) in [5.74, 6) is 0.668. The lowest BCUT2D eigenvalue weighted by molar-refractivity contribution is -0.384. The molecule has 0 bridgehead atoms. The van der Waals surface area contributed by atoms with Crippen LogP contribution in [-0.4, -0.2) is 28.3 Å². The molecular weight excluding hydrogens is 256 g/mol. The predicted molar refractivity (Wildman–Crippen MR) is 74.5 cm³/mol. The van der Waals surface area contributed by atoms with Crippen LogP contribution >= 0.6 is 0 Å². The molecule has 3 rings (SSSR count). The second kappa shape index (κ2) is 5.23. The van der Waals surface area contributed by atoms with Crippen LogP contribution in [0.4, 0.5) is 5.69 Å². The summed E-state index contributed by atoms with van der Waals surface area (Å²) in [5.41, 5.74) is 0.574. The summed E-state index contributed by atoms with van der Waals surface area (Å²) in [6.45, 7) is 0.848. The Morgan fingerprint density at radius 1 is 1.15 bits per heavy atom. The highest BCUT2D eigenvalue weighted by Gasteiger charge is 2.44. The molecular formula is C15H18N2O3. The first kappa shape index (κ1) is 13.1. The zero-order valence-corrected chi connectivity index (χ0v) is 11.3. The molecule has 0 aromatic heterocycles. The molecule has 1 atom stereocenters. The highest BCUT2D eigenvalue weighted by molar-refractivity contribution is 5.96. The maximum atomic E-state index is 12.3. The summed E-state index contributed by atoms with van der Waals surface area (Å²) in [4.78, 5) is 24.3. The van der Waals surface area contributed by atoms with Crippen LogP contribution in [-0.2, 0) is 0 Å². The molecule has 5 nitrogen and oxygen atoms in total. The number of amides is 1. The number of nitro benzene ring substituents is 1. The molecule has 1 amide bonds. The molecule has 1 aromatic rings. The Bertz CT molecular complexity index is 520. The van der Waals surface area contributed by atoms with Crippen LogP contribution in [0.3, 0.4) is 0 Å². The summed E-state index contributed by atoms with van der Waals surface area (Å²) < 4.78 is 0. The molecule has 20 heavy (non-hydrogen) atoms. The third-order valence-corrected chi connectivity index (χ3v) is 4.43. The number of hydrogen-bond acceptors (Lipinski definition) is 3. The molecule has 1 saturated carbocycles. The first-order valence-electron chi connectivity index (χ1n) is 7.22. The number of nitrogens with zero attached hydrogens (tertiary/aromatic N) is 2. The van der Waals surface area contributed by atoms with E-state index >= 15 is 0 Å². The van der Waals surface area contributed by atoms with Crippen molar-refractivity contribution in [2.75, 3.05) is 6.54 Å². The summed E-state index contributed by atoms with van der Waals surface area (Å²) in [6.07, 6.45) is 6.34. The first-order valence-corrected chi connectivity index (χ1v) is 7.22. The molecule has 1 aromatic carbocycles. The summed E-state index contributed by atoms with van der Waals surface area (Å²) >= 11 is 0. The Hall–Kier alpha value is -1.91. The van der Waals surface area contributed by atoms with Crippen molar-refractivity contribution < 1.29 is 9.72 Å². The van der Waals surface area contributed by atoms with E-state index in [1.807, 2.05) is 4.90 Å². The van der Waals surface area contributed by atoms with E-state index in [1.165, 1.54) is 44.2 Å². The fraction of sp³-hybridized carbons (Fsp3) is 0.533. The van der Waals surface area contributed by atoms with Crippen molar-refractivity contribution in [3.05, 3.63) is 39.9 Å². The van der Waals surface area contributed by atoms with Crippen LogP contribution in [0.2, 0.25) is 0 Å². The number of hydrogen-bond donors (Lipinski definition) is 0. The van der Waals surface area contributed by atoms with Crippen molar-refractivity contribution in [1.82, 2.24) is 4.90 Å². The maximum absolute atomic E-state index is 12.3. The molecule has 1 aliphatic heterocycles. The largest absolute Gasteiger partial charge is 0.332 e. The van der Waals surface area contributed by atoms with Crippen LogP contribution in [0.5, 0.6) is 0 Å². The van der Waals surface area contributed by atoms with Gasteiger partial charge in [-0.2, -0.15) is 0 Å². The van der Waals surface area contributed by atoms with Gasteiger partial charge in [-0.05, 0) is 30.9 Å². The second-order valence-corrected chi connectivity index (χ2v) is 5.73. The SMILES string of the molecule is O=C(c1ccc([N+](=O)[O-])cc1)N1C[C@@H]1C1CCCCC1. The zero-order valence-electron chi connectivity index (χ0n) is 11.3. The molecule has 0 unspecified atom stereocenters. The van der Waals surface area contributed by atoms with E-state index in [1.54, 1.807) is 12.1 Å². The molecule has 106 valence electrons. The fourth-order valence-electron chi connectivity index (χ4n) is 3.20. The second-order valence-electron chi connectivity index (χ2n) is 5.73. The number of nitro groups is 1. The molecule has 0 N–H and O–H groups in total. The van der Waals surface area contributed by atoms with E-state index in [2.05, 4.69) is 0 Å². The van der Waals surface area contributed by atoms with E-state index in [4.69, 9.17) is 0 Å². The number of rotatable bonds is 3. The molecule has 5 heteroatoms. The Morgan fingerprint density at radius 3 is 2.40 bits per heavy atom. The van der Waals surface area contributed by atoms with Crippen LogP contribution in [0, 0.1) is 16.0 Å². The minimum atomic E-state index is -0.448. The van der Waals surface area contributed by atoms with E-state index in [9.17, 15) is 14.9 Å². The molecule has 2 fully saturated rings. The Morgan fingerprint density at radius 2 is 1.80 bits per heavy atom. The third-order valence-electron chi connectivity index (χ3n) is 4.43. The molecule has 1 heterocycles. The van der Waals surface area contributed by atoms with Gasteiger partial charge in [-0.3, -0.25) is 14.9 Å². The average Bonchev–Trinajstić information content (AvgIpc) is 3.28. The molecule has 1 saturated heterocycles. The van der Waals surface area contributed by atoms with Gasteiger partial charge in [0.15, 0.2) is 0 Å². The van der Waals surface area contributed by atoms with Crippen LogP contribution in [0.1, 0.15) is 42.5 Å².